The van der Waals surface area contributed by atoms with Crippen molar-refractivity contribution in [3.63, 3.8) is 0 Å². The first-order valence-corrected chi connectivity index (χ1v) is 8.95. The molecule has 154 valence electrons. The van der Waals surface area contributed by atoms with Gasteiger partial charge in [-0.3, -0.25) is 29.4 Å². The van der Waals surface area contributed by atoms with Gasteiger partial charge in [-0.25, -0.2) is 0 Å². The van der Waals surface area contributed by atoms with Crippen molar-refractivity contribution >= 4 is 29.1 Å². The van der Waals surface area contributed by atoms with Gasteiger partial charge in [-0.15, -0.1) is 0 Å². The van der Waals surface area contributed by atoms with E-state index >= 15 is 0 Å². The van der Waals surface area contributed by atoms with Gasteiger partial charge < -0.3 is 20.1 Å². The number of ether oxygens (including phenoxy) is 1. The normalized spacial score (nSPS) is 16.8. The number of carbonyl (C=O) groups excluding carboxylic acids is 3. The molecule has 0 unspecified atom stereocenters. The predicted molar refractivity (Wildman–Crippen MR) is 100 cm³/mol. The third kappa shape index (κ3) is 4.10. The van der Waals surface area contributed by atoms with Crippen molar-refractivity contribution in [2.75, 3.05) is 44.8 Å². The molecular weight excluding hydrogens is 384 g/mol. The minimum atomic E-state index is -0.656. The summed E-state index contributed by atoms with van der Waals surface area (Å²) in [7, 11) is 0. The molecule has 2 N–H and O–H groups in total. The molecule has 3 amide bonds. The van der Waals surface area contributed by atoms with Gasteiger partial charge in [0.25, 0.3) is 23.4 Å². The fourth-order valence-electron chi connectivity index (χ4n) is 3.15. The van der Waals surface area contributed by atoms with E-state index in [-0.39, 0.29) is 47.3 Å². The number of benzene rings is 1. The van der Waals surface area contributed by atoms with Crippen LogP contribution in [0.4, 0.5) is 11.4 Å². The minimum absolute atomic E-state index is 0.0863. The molecule has 1 saturated heterocycles. The fraction of sp³-hybridized carbons (Fsp3) is 0.389. The fourth-order valence-corrected chi connectivity index (χ4v) is 3.15. The summed E-state index contributed by atoms with van der Waals surface area (Å²) in [5.41, 5.74) is 0.119. The van der Waals surface area contributed by atoms with E-state index in [9.17, 15) is 24.5 Å². The summed E-state index contributed by atoms with van der Waals surface area (Å²) in [5, 5.41) is 23.2. The van der Waals surface area contributed by atoms with Crippen molar-refractivity contribution in [2.45, 2.75) is 6.92 Å². The van der Waals surface area contributed by atoms with Gasteiger partial charge in [0.05, 0.1) is 36.9 Å². The van der Waals surface area contributed by atoms with E-state index in [0.29, 0.717) is 26.3 Å². The maximum atomic E-state index is 12.8. The molecule has 0 saturated carbocycles. The molecule has 2 heterocycles. The lowest BCUT2D eigenvalue weighted by molar-refractivity contribution is -0.385. The van der Waals surface area contributed by atoms with Gasteiger partial charge in [-0.1, -0.05) is 0 Å². The standard InChI is InChI=1S/C18H20N4O7/c1-11-13(19-14-10-16(24)21(2-5-23)18(14)26)8-12(9-15(11)22(27)28)17(25)20-3-6-29-7-4-20/h8-10,19,23H,2-7H2,1H3. The molecule has 3 rings (SSSR count). The van der Waals surface area contributed by atoms with Crippen molar-refractivity contribution in [2.24, 2.45) is 0 Å². The first kappa shape index (κ1) is 20.4. The number of hydrogen-bond donors (Lipinski definition) is 2. The number of nitro groups is 1. The Hall–Kier alpha value is -3.31. The van der Waals surface area contributed by atoms with Crippen LogP contribution in [0.25, 0.3) is 0 Å². The second kappa shape index (κ2) is 8.37. The molecule has 11 heteroatoms. The number of hydrogen-bond acceptors (Lipinski definition) is 8. The third-order valence-corrected chi connectivity index (χ3v) is 4.72. The Labute approximate surface area is 165 Å². The number of imide groups is 1. The highest BCUT2D eigenvalue weighted by atomic mass is 16.6. The zero-order valence-corrected chi connectivity index (χ0v) is 15.7. The molecule has 0 aliphatic carbocycles. The number of nitro benzene ring substituents is 1. The molecule has 1 fully saturated rings. The van der Waals surface area contributed by atoms with Gasteiger partial charge in [-0.2, -0.15) is 0 Å². The molecule has 2 aliphatic heterocycles. The molecule has 0 atom stereocenters. The maximum absolute atomic E-state index is 12.8. The van der Waals surface area contributed by atoms with Crippen LogP contribution in [-0.4, -0.2) is 77.0 Å². The molecule has 0 spiro atoms. The Morgan fingerprint density at radius 1 is 1.31 bits per heavy atom. The topological polar surface area (TPSA) is 142 Å². The lowest BCUT2D eigenvalue weighted by Crippen LogP contribution is -2.40. The van der Waals surface area contributed by atoms with E-state index in [4.69, 9.17) is 9.84 Å². The summed E-state index contributed by atoms with van der Waals surface area (Å²) in [4.78, 5) is 50.3. The van der Waals surface area contributed by atoms with Gasteiger partial charge in [0.1, 0.15) is 5.70 Å². The van der Waals surface area contributed by atoms with E-state index in [1.54, 1.807) is 0 Å². The smallest absolute Gasteiger partial charge is 0.277 e. The lowest BCUT2D eigenvalue weighted by Gasteiger charge is -2.27. The molecule has 0 radical (unpaired) electrons. The van der Waals surface area contributed by atoms with Gasteiger partial charge in [0.15, 0.2) is 0 Å². The van der Waals surface area contributed by atoms with Gasteiger partial charge in [0.2, 0.25) is 0 Å². The molecular formula is C18H20N4O7. The van der Waals surface area contributed by atoms with Crippen molar-refractivity contribution in [3.05, 3.63) is 45.1 Å². The van der Waals surface area contributed by atoms with Crippen molar-refractivity contribution < 1.29 is 29.2 Å². The quantitative estimate of drug-likeness (QED) is 0.384. The Bertz CT molecular complexity index is 906. The van der Waals surface area contributed by atoms with Crippen LogP contribution in [0.15, 0.2) is 23.9 Å². The SMILES string of the molecule is Cc1c(NC2=CC(=O)N(CCO)C2=O)cc(C(=O)N2CCOCC2)cc1[N+](=O)[O-]. The zero-order valence-electron chi connectivity index (χ0n) is 15.7. The second-order valence-corrected chi connectivity index (χ2v) is 6.53. The number of aliphatic hydroxyl groups excluding tert-OH is 1. The van der Waals surface area contributed by atoms with E-state index < -0.39 is 16.7 Å². The van der Waals surface area contributed by atoms with Crippen LogP contribution in [0.2, 0.25) is 0 Å². The number of amides is 3. The number of nitrogens with zero attached hydrogens (tertiary/aromatic N) is 3. The van der Waals surface area contributed by atoms with Crippen LogP contribution < -0.4 is 5.32 Å². The summed E-state index contributed by atoms with van der Waals surface area (Å²) in [6.45, 7) is 2.45. The third-order valence-electron chi connectivity index (χ3n) is 4.72. The first-order valence-electron chi connectivity index (χ1n) is 8.95. The number of nitrogens with one attached hydrogen (secondary N) is 1. The van der Waals surface area contributed by atoms with E-state index in [1.165, 1.54) is 24.0 Å². The molecule has 11 nitrogen and oxygen atoms in total. The van der Waals surface area contributed by atoms with Crippen molar-refractivity contribution in [3.8, 4) is 0 Å². The Morgan fingerprint density at radius 2 is 2.00 bits per heavy atom. The molecule has 29 heavy (non-hydrogen) atoms. The average molecular weight is 404 g/mol. The van der Waals surface area contributed by atoms with Gasteiger partial charge in [0, 0.05) is 36.5 Å². The molecule has 2 aliphatic rings. The van der Waals surface area contributed by atoms with Crippen LogP contribution in [-0.2, 0) is 14.3 Å². The molecule has 0 bridgehead atoms. The monoisotopic (exact) mass is 404 g/mol. The van der Waals surface area contributed by atoms with Crippen LogP contribution in [0, 0.1) is 17.0 Å². The van der Waals surface area contributed by atoms with E-state index in [1.807, 2.05) is 0 Å². The summed E-state index contributed by atoms with van der Waals surface area (Å²) in [5.74, 6) is -1.64. The van der Waals surface area contributed by atoms with Crippen LogP contribution in [0.1, 0.15) is 15.9 Å². The van der Waals surface area contributed by atoms with Gasteiger partial charge in [-0.05, 0) is 13.0 Å². The van der Waals surface area contributed by atoms with Crippen molar-refractivity contribution in [1.82, 2.24) is 9.80 Å². The van der Waals surface area contributed by atoms with Gasteiger partial charge >= 0.3 is 0 Å². The number of aliphatic hydroxyl groups is 1. The Balaban J connectivity index is 1.94. The molecule has 1 aromatic rings. The average Bonchev–Trinajstić information content (AvgIpc) is 2.97. The summed E-state index contributed by atoms with van der Waals surface area (Å²) in [6, 6.07) is 2.62. The largest absolute Gasteiger partial charge is 0.395 e. The maximum Gasteiger partial charge on any atom is 0.277 e. The highest BCUT2D eigenvalue weighted by molar-refractivity contribution is 6.17. The Morgan fingerprint density at radius 3 is 2.62 bits per heavy atom. The summed E-state index contributed by atoms with van der Waals surface area (Å²) < 4.78 is 5.22. The number of rotatable bonds is 6. The van der Waals surface area contributed by atoms with Crippen LogP contribution in [0.5, 0.6) is 0 Å². The second-order valence-electron chi connectivity index (χ2n) is 6.53. The highest BCUT2D eigenvalue weighted by Gasteiger charge is 2.32. The zero-order chi connectivity index (χ0) is 21.1. The summed E-state index contributed by atoms with van der Waals surface area (Å²) >= 11 is 0. The number of anilines is 1. The van der Waals surface area contributed by atoms with E-state index in [2.05, 4.69) is 5.32 Å². The minimum Gasteiger partial charge on any atom is -0.395 e. The molecule has 1 aromatic carbocycles. The predicted octanol–water partition coefficient (Wildman–Crippen LogP) is 0.0325. The van der Waals surface area contributed by atoms with Crippen LogP contribution >= 0.6 is 0 Å². The first-order chi connectivity index (χ1) is 13.8. The lowest BCUT2D eigenvalue weighted by atomic mass is 10.1. The molecule has 0 aromatic heterocycles. The number of β-amino-alcohol motifs (C(OH)–C–C–N with tert-alkyl or cyclic N) is 1. The highest BCUT2D eigenvalue weighted by Crippen LogP contribution is 2.30. The van der Waals surface area contributed by atoms with Crippen molar-refractivity contribution in [1.29, 1.82) is 0 Å². The van der Waals surface area contributed by atoms with Crippen LogP contribution in [0.3, 0.4) is 0 Å². The summed E-state index contributed by atoms with van der Waals surface area (Å²) in [6.07, 6.45) is 1.06. The number of carbonyl (C=O) groups is 3. The Kier molecular flexibility index (Phi) is 5.89. The van der Waals surface area contributed by atoms with E-state index in [0.717, 1.165) is 11.0 Å². The number of morpholine rings is 1.